The molecule has 0 unspecified atom stereocenters. The van der Waals surface area contributed by atoms with E-state index < -0.39 is 0 Å². The van der Waals surface area contributed by atoms with Crippen molar-refractivity contribution < 1.29 is 4.42 Å². The first kappa shape index (κ1) is 28.7. The van der Waals surface area contributed by atoms with Gasteiger partial charge in [0.2, 0.25) is 0 Å². The second-order valence-electron chi connectivity index (χ2n) is 12.6. The lowest BCUT2D eigenvalue weighted by Gasteiger charge is -2.23. The molecule has 1 aliphatic carbocycles. The molecule has 0 N–H and O–H groups in total. The Morgan fingerprint density at radius 2 is 1.32 bits per heavy atom. The van der Waals surface area contributed by atoms with Gasteiger partial charge in [0.05, 0.1) is 11.4 Å². The first-order chi connectivity index (χ1) is 23.0. The molecule has 0 bridgehead atoms. The van der Waals surface area contributed by atoms with E-state index in [1.807, 2.05) is 36.4 Å². The highest BCUT2D eigenvalue weighted by Gasteiger charge is 2.35. The molecule has 47 heavy (non-hydrogen) atoms. The maximum atomic E-state index is 6.33. The molecule has 0 fully saturated rings. The summed E-state index contributed by atoms with van der Waals surface area (Å²) in [4.78, 5) is 10.2. The Morgan fingerprint density at radius 3 is 2.09 bits per heavy atom. The van der Waals surface area contributed by atoms with Crippen LogP contribution in [-0.4, -0.2) is 9.97 Å². The number of para-hydroxylation sites is 2. The molecular formula is C44H34N2O. The predicted octanol–water partition coefficient (Wildman–Crippen LogP) is 11.9. The smallest absolute Gasteiger partial charge is 0.160 e. The Bertz CT molecular complexity index is 2390. The molecule has 8 rings (SSSR count). The largest absolute Gasteiger partial charge is 0.455 e. The van der Waals surface area contributed by atoms with Gasteiger partial charge in [0, 0.05) is 38.4 Å². The van der Waals surface area contributed by atoms with Gasteiger partial charge in [0.1, 0.15) is 11.2 Å². The summed E-state index contributed by atoms with van der Waals surface area (Å²) in [5.41, 5.74) is 13.7. The minimum Gasteiger partial charge on any atom is -0.455 e. The van der Waals surface area contributed by atoms with E-state index in [1.165, 1.54) is 22.3 Å². The van der Waals surface area contributed by atoms with E-state index in [0.717, 1.165) is 61.1 Å². The van der Waals surface area contributed by atoms with E-state index in [9.17, 15) is 0 Å². The average Bonchev–Trinajstić information content (AvgIpc) is 3.60. The molecule has 0 spiro atoms. The molecule has 0 saturated heterocycles. The van der Waals surface area contributed by atoms with Crippen LogP contribution in [0.1, 0.15) is 31.9 Å². The normalized spacial score (nSPS) is 13.9. The monoisotopic (exact) mass is 606 g/mol. The van der Waals surface area contributed by atoms with Crippen molar-refractivity contribution in [2.75, 3.05) is 0 Å². The van der Waals surface area contributed by atoms with Crippen LogP contribution in [-0.2, 0) is 5.41 Å². The summed E-state index contributed by atoms with van der Waals surface area (Å²) in [5.74, 6) is 0.702. The molecule has 0 radical (unpaired) electrons. The van der Waals surface area contributed by atoms with Crippen molar-refractivity contribution in [3.63, 3.8) is 0 Å². The summed E-state index contributed by atoms with van der Waals surface area (Å²) < 4.78 is 6.33. The molecule has 3 heteroatoms. The first-order valence-electron chi connectivity index (χ1n) is 16.1. The molecule has 5 aromatic carbocycles. The second kappa shape index (κ2) is 11.2. The third kappa shape index (κ3) is 4.74. The Kier molecular flexibility index (Phi) is 6.84. The maximum Gasteiger partial charge on any atom is 0.160 e. The third-order valence-corrected chi connectivity index (χ3v) is 9.43. The standard InChI is InChI=1S/C44H34N2O/c1-5-13-37-32(6-2)34-25-24-31(26-38(34)44(37,3)4)40-27-39(45-43(46-40)30-14-8-7-9-15-30)29-22-20-28(21-23-29)33-17-12-18-36-35-16-10-11-19-41(35)47-42(33)36/h5-27H,2H2,1,3-4H3/b13-5-. The van der Waals surface area contributed by atoms with Crippen molar-refractivity contribution >= 4 is 27.5 Å². The SMILES string of the molecule is C=CC1=C(/C=C\C)C(C)(C)c2cc(-c3cc(-c4ccc(-c5cccc6c5oc5ccccc56)cc4)nc(-c4ccccc4)n3)ccc21. The van der Waals surface area contributed by atoms with Gasteiger partial charge in [-0.15, -0.1) is 0 Å². The zero-order chi connectivity index (χ0) is 32.1. The number of hydrogen-bond donors (Lipinski definition) is 0. The number of hydrogen-bond acceptors (Lipinski definition) is 3. The molecule has 0 atom stereocenters. The van der Waals surface area contributed by atoms with E-state index in [-0.39, 0.29) is 5.41 Å². The van der Waals surface area contributed by atoms with Crippen molar-refractivity contribution in [3.8, 4) is 45.0 Å². The first-order valence-corrected chi connectivity index (χ1v) is 16.1. The van der Waals surface area contributed by atoms with Crippen LogP contribution < -0.4 is 0 Å². The zero-order valence-electron chi connectivity index (χ0n) is 26.8. The number of aromatic nitrogens is 2. The fraction of sp³-hybridized carbons (Fsp3) is 0.0909. The van der Waals surface area contributed by atoms with Gasteiger partial charge in [0.25, 0.3) is 0 Å². The van der Waals surface area contributed by atoms with E-state index in [1.54, 1.807) is 0 Å². The van der Waals surface area contributed by atoms with Crippen LogP contribution in [0.15, 0.2) is 156 Å². The van der Waals surface area contributed by atoms with Gasteiger partial charge in [-0.05, 0) is 53.0 Å². The van der Waals surface area contributed by atoms with Gasteiger partial charge in [0.15, 0.2) is 5.82 Å². The summed E-state index contributed by atoms with van der Waals surface area (Å²) in [5, 5.41) is 2.26. The molecule has 1 aliphatic rings. The maximum absolute atomic E-state index is 6.33. The van der Waals surface area contributed by atoms with Crippen LogP contribution in [0.2, 0.25) is 0 Å². The fourth-order valence-corrected chi connectivity index (χ4v) is 7.02. The summed E-state index contributed by atoms with van der Waals surface area (Å²) in [6, 6.07) is 42.2. The average molecular weight is 607 g/mol. The molecule has 0 aliphatic heterocycles. The number of rotatable bonds is 6. The molecule has 3 nitrogen and oxygen atoms in total. The van der Waals surface area contributed by atoms with Gasteiger partial charge in [-0.1, -0.05) is 142 Å². The van der Waals surface area contributed by atoms with Crippen molar-refractivity contribution in [1.82, 2.24) is 9.97 Å². The predicted molar refractivity (Wildman–Crippen MR) is 196 cm³/mol. The Balaban J connectivity index is 1.23. The molecule has 0 saturated carbocycles. The van der Waals surface area contributed by atoms with Crippen LogP contribution in [0.4, 0.5) is 0 Å². The van der Waals surface area contributed by atoms with Crippen LogP contribution in [0.3, 0.4) is 0 Å². The van der Waals surface area contributed by atoms with Gasteiger partial charge in [-0.2, -0.15) is 0 Å². The quantitative estimate of drug-likeness (QED) is 0.189. The number of furan rings is 1. The van der Waals surface area contributed by atoms with Gasteiger partial charge in [-0.3, -0.25) is 0 Å². The van der Waals surface area contributed by atoms with Gasteiger partial charge < -0.3 is 4.42 Å². The lowest BCUT2D eigenvalue weighted by Crippen LogP contribution is -2.16. The minimum absolute atomic E-state index is 0.155. The summed E-state index contributed by atoms with van der Waals surface area (Å²) in [6.45, 7) is 10.8. The Morgan fingerprint density at radius 1 is 0.638 bits per heavy atom. The van der Waals surface area contributed by atoms with Gasteiger partial charge >= 0.3 is 0 Å². The number of fused-ring (bicyclic) bond motifs is 4. The molecule has 2 aromatic heterocycles. The highest BCUT2D eigenvalue weighted by molar-refractivity contribution is 6.09. The third-order valence-electron chi connectivity index (χ3n) is 9.43. The van der Waals surface area contributed by atoms with Crippen LogP contribution >= 0.6 is 0 Å². The van der Waals surface area contributed by atoms with Crippen LogP contribution in [0.5, 0.6) is 0 Å². The van der Waals surface area contributed by atoms with E-state index in [2.05, 4.69) is 130 Å². The highest BCUT2D eigenvalue weighted by atomic mass is 16.3. The minimum atomic E-state index is -0.155. The van der Waals surface area contributed by atoms with Crippen molar-refractivity contribution in [3.05, 3.63) is 163 Å². The number of nitrogens with zero attached hydrogens (tertiary/aromatic N) is 2. The molecule has 0 amide bonds. The van der Waals surface area contributed by atoms with E-state index in [4.69, 9.17) is 14.4 Å². The highest BCUT2D eigenvalue weighted by Crippen LogP contribution is 2.48. The van der Waals surface area contributed by atoms with E-state index in [0.29, 0.717) is 5.82 Å². The lowest BCUT2D eigenvalue weighted by molar-refractivity contribution is 0.654. The Labute approximate surface area is 275 Å². The summed E-state index contributed by atoms with van der Waals surface area (Å²) >= 11 is 0. The lowest BCUT2D eigenvalue weighted by atomic mass is 9.80. The van der Waals surface area contributed by atoms with Crippen LogP contribution in [0, 0.1) is 0 Å². The Hall–Kier alpha value is -5.80. The molecule has 226 valence electrons. The van der Waals surface area contributed by atoms with E-state index >= 15 is 0 Å². The molecule has 7 aromatic rings. The number of benzene rings is 5. The summed E-state index contributed by atoms with van der Waals surface area (Å²) in [7, 11) is 0. The van der Waals surface area contributed by atoms with Crippen LogP contribution in [0.25, 0.3) is 72.5 Å². The van der Waals surface area contributed by atoms with Crippen molar-refractivity contribution in [2.24, 2.45) is 0 Å². The van der Waals surface area contributed by atoms with Gasteiger partial charge in [-0.25, -0.2) is 9.97 Å². The number of allylic oxidation sites excluding steroid dienone is 5. The molecule has 2 heterocycles. The van der Waals surface area contributed by atoms with Crippen molar-refractivity contribution in [2.45, 2.75) is 26.2 Å². The topological polar surface area (TPSA) is 38.9 Å². The fourth-order valence-electron chi connectivity index (χ4n) is 7.02. The second-order valence-corrected chi connectivity index (χ2v) is 12.6. The zero-order valence-corrected chi connectivity index (χ0v) is 26.8. The van der Waals surface area contributed by atoms with Crippen molar-refractivity contribution in [1.29, 1.82) is 0 Å². The summed E-state index contributed by atoms with van der Waals surface area (Å²) in [6.07, 6.45) is 6.31. The molecular weight excluding hydrogens is 572 g/mol.